The van der Waals surface area contributed by atoms with Crippen LogP contribution < -0.4 is 10.6 Å². The summed E-state index contributed by atoms with van der Waals surface area (Å²) in [5.74, 6) is -0.0841. The molecule has 0 aliphatic carbocycles. The normalized spacial score (nSPS) is 25.1. The van der Waals surface area contributed by atoms with E-state index in [1.165, 1.54) is 6.26 Å². The zero-order chi connectivity index (χ0) is 14.0. The van der Waals surface area contributed by atoms with Gasteiger partial charge in [0.05, 0.1) is 10.3 Å². The van der Waals surface area contributed by atoms with Gasteiger partial charge in [-0.05, 0) is 39.7 Å². The third-order valence-electron chi connectivity index (χ3n) is 3.96. The van der Waals surface area contributed by atoms with E-state index in [1.807, 2.05) is 6.92 Å². The molecular weight excluding hydrogens is 252 g/mol. The second kappa shape index (κ2) is 5.17. The second-order valence-corrected chi connectivity index (χ2v) is 8.33. The summed E-state index contributed by atoms with van der Waals surface area (Å²) >= 11 is 0. The van der Waals surface area contributed by atoms with Crippen LogP contribution in [0.4, 0.5) is 0 Å². The van der Waals surface area contributed by atoms with Crippen LogP contribution in [0, 0.1) is 0 Å². The Hall–Kier alpha value is -0.620. The minimum atomic E-state index is -3.18. The quantitative estimate of drug-likeness (QED) is 0.765. The van der Waals surface area contributed by atoms with Gasteiger partial charge in [-0.2, -0.15) is 0 Å². The second-order valence-electron chi connectivity index (χ2n) is 5.68. The summed E-state index contributed by atoms with van der Waals surface area (Å²) in [4.78, 5) is 12.2. The highest BCUT2D eigenvalue weighted by Gasteiger charge is 2.40. The summed E-state index contributed by atoms with van der Waals surface area (Å²) in [6.45, 7) is 6.22. The molecule has 1 saturated heterocycles. The van der Waals surface area contributed by atoms with Crippen LogP contribution >= 0.6 is 0 Å². The van der Waals surface area contributed by atoms with Crippen LogP contribution in [0.1, 0.15) is 40.0 Å². The van der Waals surface area contributed by atoms with Crippen molar-refractivity contribution in [1.82, 2.24) is 10.6 Å². The van der Waals surface area contributed by atoms with Crippen LogP contribution in [-0.2, 0) is 14.6 Å². The zero-order valence-corrected chi connectivity index (χ0v) is 12.5. The lowest BCUT2D eigenvalue weighted by Crippen LogP contribution is -2.56. The molecule has 1 aliphatic heterocycles. The van der Waals surface area contributed by atoms with Crippen molar-refractivity contribution in [2.75, 3.05) is 19.3 Å². The van der Waals surface area contributed by atoms with E-state index < -0.39 is 20.1 Å². The highest BCUT2D eigenvalue weighted by molar-refractivity contribution is 7.92. The maximum atomic E-state index is 12.2. The molecule has 0 aromatic heterocycles. The lowest BCUT2D eigenvalue weighted by Gasteiger charge is -2.29. The van der Waals surface area contributed by atoms with Gasteiger partial charge in [0.1, 0.15) is 0 Å². The summed E-state index contributed by atoms with van der Waals surface area (Å²) < 4.78 is 22.2. The fourth-order valence-corrected chi connectivity index (χ4v) is 2.39. The molecule has 0 saturated carbocycles. The molecular formula is C12H24N2O3S. The molecule has 106 valence electrons. The molecule has 5 nitrogen and oxygen atoms in total. The van der Waals surface area contributed by atoms with Gasteiger partial charge in [-0.15, -0.1) is 0 Å². The summed E-state index contributed by atoms with van der Waals surface area (Å²) in [6, 6.07) is 0. The van der Waals surface area contributed by atoms with Crippen molar-refractivity contribution in [2.45, 2.75) is 50.3 Å². The fraction of sp³-hybridized carbons (Fsp3) is 0.917. The Bertz CT molecular complexity index is 409. The molecule has 1 rings (SSSR count). The number of hydrogen-bond acceptors (Lipinski definition) is 4. The lowest BCUT2D eigenvalue weighted by atomic mass is 9.93. The molecule has 1 unspecified atom stereocenters. The van der Waals surface area contributed by atoms with Gasteiger partial charge in [-0.25, -0.2) is 8.42 Å². The number of amides is 1. The monoisotopic (exact) mass is 276 g/mol. The smallest absolute Gasteiger partial charge is 0.240 e. The third kappa shape index (κ3) is 3.03. The highest BCUT2D eigenvalue weighted by atomic mass is 32.2. The van der Waals surface area contributed by atoms with Crippen molar-refractivity contribution >= 4 is 15.7 Å². The van der Waals surface area contributed by atoms with E-state index in [0.717, 1.165) is 25.8 Å². The average molecular weight is 276 g/mol. The van der Waals surface area contributed by atoms with Crippen molar-refractivity contribution in [2.24, 2.45) is 0 Å². The van der Waals surface area contributed by atoms with Crippen LogP contribution in [0.2, 0.25) is 0 Å². The van der Waals surface area contributed by atoms with E-state index in [2.05, 4.69) is 10.6 Å². The maximum Gasteiger partial charge on any atom is 0.240 e. The molecule has 0 spiro atoms. The van der Waals surface area contributed by atoms with Crippen LogP contribution in [0.3, 0.4) is 0 Å². The minimum absolute atomic E-state index is 0.0841. The van der Waals surface area contributed by atoms with Crippen LogP contribution in [0.25, 0.3) is 0 Å². The molecule has 1 amide bonds. The van der Waals surface area contributed by atoms with E-state index in [-0.39, 0.29) is 12.5 Å². The molecule has 0 radical (unpaired) electrons. The molecule has 0 aromatic carbocycles. The molecule has 1 fully saturated rings. The number of nitrogens with one attached hydrogen (secondary N) is 2. The SMILES string of the molecule is CCC1(C(=O)NCC(C)(C)S(C)(=O)=O)CCCN1. The van der Waals surface area contributed by atoms with Crippen molar-refractivity contribution in [3.63, 3.8) is 0 Å². The Labute approximate surface area is 110 Å². The molecule has 2 N–H and O–H groups in total. The molecule has 6 heteroatoms. The Morgan fingerprint density at radius 1 is 1.44 bits per heavy atom. The summed E-state index contributed by atoms with van der Waals surface area (Å²) in [5.41, 5.74) is -0.506. The Kier molecular flexibility index (Phi) is 4.43. The van der Waals surface area contributed by atoms with Crippen molar-refractivity contribution in [1.29, 1.82) is 0 Å². The predicted molar refractivity (Wildman–Crippen MR) is 72.2 cm³/mol. The van der Waals surface area contributed by atoms with Crippen molar-refractivity contribution in [3.05, 3.63) is 0 Å². The third-order valence-corrected chi connectivity index (χ3v) is 6.11. The molecule has 1 heterocycles. The number of sulfone groups is 1. The van der Waals surface area contributed by atoms with Gasteiger partial charge in [-0.1, -0.05) is 6.92 Å². The first-order chi connectivity index (χ1) is 8.15. The molecule has 1 aliphatic rings. The van der Waals surface area contributed by atoms with Gasteiger partial charge in [0.15, 0.2) is 9.84 Å². The van der Waals surface area contributed by atoms with E-state index in [4.69, 9.17) is 0 Å². The minimum Gasteiger partial charge on any atom is -0.353 e. The van der Waals surface area contributed by atoms with Gasteiger partial charge < -0.3 is 10.6 Å². The van der Waals surface area contributed by atoms with Crippen LogP contribution in [0.5, 0.6) is 0 Å². The van der Waals surface area contributed by atoms with Crippen LogP contribution in [0.15, 0.2) is 0 Å². The summed E-state index contributed by atoms with van der Waals surface area (Å²) in [5, 5.41) is 6.02. The molecule has 18 heavy (non-hydrogen) atoms. The highest BCUT2D eigenvalue weighted by Crippen LogP contribution is 2.23. The number of hydrogen-bond donors (Lipinski definition) is 2. The Balaban J connectivity index is 2.67. The summed E-state index contributed by atoms with van der Waals surface area (Å²) in [7, 11) is -3.18. The molecule has 0 aromatic rings. The zero-order valence-electron chi connectivity index (χ0n) is 11.7. The lowest BCUT2D eigenvalue weighted by molar-refractivity contribution is -0.127. The van der Waals surface area contributed by atoms with Gasteiger partial charge in [0.2, 0.25) is 5.91 Å². The van der Waals surface area contributed by atoms with E-state index in [9.17, 15) is 13.2 Å². The van der Waals surface area contributed by atoms with Gasteiger partial charge in [0.25, 0.3) is 0 Å². The first-order valence-electron chi connectivity index (χ1n) is 6.37. The Morgan fingerprint density at radius 3 is 2.44 bits per heavy atom. The van der Waals surface area contributed by atoms with E-state index in [1.54, 1.807) is 13.8 Å². The van der Waals surface area contributed by atoms with Gasteiger partial charge in [0, 0.05) is 12.8 Å². The standard InChI is InChI=1S/C12H24N2O3S/c1-5-12(7-6-8-14-12)10(15)13-9-11(2,3)18(4,16)17/h14H,5-9H2,1-4H3,(H,13,15). The largest absolute Gasteiger partial charge is 0.353 e. The van der Waals surface area contributed by atoms with Gasteiger partial charge in [-0.3, -0.25) is 4.79 Å². The fourth-order valence-electron chi connectivity index (χ4n) is 2.06. The van der Waals surface area contributed by atoms with Crippen molar-refractivity contribution in [3.8, 4) is 0 Å². The van der Waals surface area contributed by atoms with Gasteiger partial charge >= 0.3 is 0 Å². The van der Waals surface area contributed by atoms with E-state index >= 15 is 0 Å². The predicted octanol–water partition coefficient (Wildman–Crippen LogP) is 0.458. The van der Waals surface area contributed by atoms with Crippen molar-refractivity contribution < 1.29 is 13.2 Å². The average Bonchev–Trinajstić information content (AvgIpc) is 2.74. The van der Waals surface area contributed by atoms with E-state index in [0.29, 0.717) is 0 Å². The summed E-state index contributed by atoms with van der Waals surface area (Å²) in [6.07, 6.45) is 3.71. The van der Waals surface area contributed by atoms with Crippen LogP contribution in [-0.4, -0.2) is 44.0 Å². The maximum absolute atomic E-state index is 12.2. The number of rotatable bonds is 5. The molecule has 0 bridgehead atoms. The molecule has 1 atom stereocenters. The topological polar surface area (TPSA) is 75.3 Å². The first kappa shape index (κ1) is 15.4. The Morgan fingerprint density at radius 2 is 2.06 bits per heavy atom. The number of carbonyl (C=O) groups excluding carboxylic acids is 1. The first-order valence-corrected chi connectivity index (χ1v) is 8.27. The number of carbonyl (C=O) groups is 1.